The second kappa shape index (κ2) is 7.97. The van der Waals surface area contributed by atoms with E-state index in [1.165, 1.54) is 6.92 Å². The molecule has 2 aromatic carbocycles. The first-order valence-corrected chi connectivity index (χ1v) is 8.21. The lowest BCUT2D eigenvalue weighted by molar-refractivity contribution is -0.123. The fourth-order valence-electron chi connectivity index (χ4n) is 1.99. The Morgan fingerprint density at radius 2 is 1.71 bits per heavy atom. The van der Waals surface area contributed by atoms with Crippen molar-refractivity contribution in [1.82, 2.24) is 0 Å². The van der Waals surface area contributed by atoms with Crippen molar-refractivity contribution in [2.24, 2.45) is 0 Å². The number of carbonyl (C=O) groups is 2. The summed E-state index contributed by atoms with van der Waals surface area (Å²) in [5, 5.41) is 2.73. The minimum atomic E-state index is -0.905. The number of hydrogen-bond acceptors (Lipinski definition) is 4. The molecular weight excluding hydrogens is 372 g/mol. The van der Waals surface area contributed by atoms with Crippen molar-refractivity contribution in [1.29, 1.82) is 0 Å². The smallest absolute Gasteiger partial charge is 0.340 e. The molecule has 1 unspecified atom stereocenters. The van der Waals surface area contributed by atoms with Crippen molar-refractivity contribution in [3.8, 4) is 0 Å². The third kappa shape index (κ3) is 4.58. The number of benzene rings is 2. The molecule has 0 bridgehead atoms. The van der Waals surface area contributed by atoms with Crippen LogP contribution in [0.4, 0.5) is 11.4 Å². The number of anilines is 2. The summed E-state index contributed by atoms with van der Waals surface area (Å²) < 4.78 is 5.85. The van der Waals surface area contributed by atoms with Gasteiger partial charge in [-0.05, 0) is 59.3 Å². The molecule has 1 amide bonds. The lowest BCUT2D eigenvalue weighted by Crippen LogP contribution is -2.30. The van der Waals surface area contributed by atoms with Gasteiger partial charge in [0.15, 0.2) is 6.10 Å². The molecule has 24 heavy (non-hydrogen) atoms. The van der Waals surface area contributed by atoms with Gasteiger partial charge in [-0.3, -0.25) is 4.79 Å². The van der Waals surface area contributed by atoms with Gasteiger partial charge in [0.05, 0.1) is 5.56 Å². The zero-order valence-corrected chi connectivity index (χ0v) is 15.3. The van der Waals surface area contributed by atoms with Crippen LogP contribution < -0.4 is 10.2 Å². The summed E-state index contributed by atoms with van der Waals surface area (Å²) in [6.45, 7) is 1.54. The van der Waals surface area contributed by atoms with Gasteiger partial charge in [-0.15, -0.1) is 0 Å². The van der Waals surface area contributed by atoms with E-state index in [1.807, 2.05) is 31.1 Å². The summed E-state index contributed by atoms with van der Waals surface area (Å²) >= 11 is 3.29. The number of halogens is 1. The highest BCUT2D eigenvalue weighted by atomic mass is 79.9. The fourth-order valence-corrected chi connectivity index (χ4v) is 2.44. The predicted octanol–water partition coefficient (Wildman–Crippen LogP) is 3.70. The highest BCUT2D eigenvalue weighted by Gasteiger charge is 2.20. The van der Waals surface area contributed by atoms with Gasteiger partial charge in [0, 0.05) is 29.9 Å². The molecule has 0 saturated carbocycles. The number of nitrogens with one attached hydrogen (secondary N) is 1. The van der Waals surface area contributed by atoms with E-state index in [9.17, 15) is 9.59 Å². The van der Waals surface area contributed by atoms with E-state index in [0.717, 1.165) is 5.69 Å². The van der Waals surface area contributed by atoms with Crippen molar-refractivity contribution in [2.45, 2.75) is 13.0 Å². The topological polar surface area (TPSA) is 58.6 Å². The summed E-state index contributed by atoms with van der Waals surface area (Å²) in [6.07, 6.45) is -0.905. The maximum absolute atomic E-state index is 12.2. The standard InChI is InChI=1S/C18H19BrN2O3/c1-12(24-18(23)15-6-4-5-7-16(15)19)17(22)20-13-8-10-14(11-9-13)21(2)3/h4-12H,1-3H3,(H,20,22). The lowest BCUT2D eigenvalue weighted by atomic mass is 10.2. The summed E-state index contributed by atoms with van der Waals surface area (Å²) in [7, 11) is 3.88. The van der Waals surface area contributed by atoms with Gasteiger partial charge in [0.25, 0.3) is 5.91 Å². The van der Waals surface area contributed by atoms with Gasteiger partial charge in [-0.2, -0.15) is 0 Å². The van der Waals surface area contributed by atoms with Crippen molar-refractivity contribution in [2.75, 3.05) is 24.3 Å². The Morgan fingerprint density at radius 1 is 1.08 bits per heavy atom. The number of amides is 1. The second-order valence-electron chi connectivity index (χ2n) is 5.46. The summed E-state index contributed by atoms with van der Waals surface area (Å²) in [5.74, 6) is -0.930. The molecule has 1 atom stereocenters. The molecule has 2 aromatic rings. The minimum absolute atomic E-state index is 0.381. The highest BCUT2D eigenvalue weighted by molar-refractivity contribution is 9.10. The van der Waals surface area contributed by atoms with Crippen molar-refractivity contribution in [3.05, 3.63) is 58.6 Å². The minimum Gasteiger partial charge on any atom is -0.449 e. The Balaban J connectivity index is 1.97. The van der Waals surface area contributed by atoms with E-state index in [1.54, 1.807) is 36.4 Å². The first-order chi connectivity index (χ1) is 11.4. The third-order valence-corrected chi connectivity index (χ3v) is 4.09. The first-order valence-electron chi connectivity index (χ1n) is 7.42. The number of hydrogen-bond donors (Lipinski definition) is 1. The van der Waals surface area contributed by atoms with E-state index in [4.69, 9.17) is 4.74 Å². The van der Waals surface area contributed by atoms with Crippen LogP contribution in [0.1, 0.15) is 17.3 Å². The molecule has 0 saturated heterocycles. The highest BCUT2D eigenvalue weighted by Crippen LogP contribution is 2.18. The Hall–Kier alpha value is -2.34. The van der Waals surface area contributed by atoms with Crippen LogP contribution in [0.2, 0.25) is 0 Å². The SMILES string of the molecule is CC(OC(=O)c1ccccc1Br)C(=O)Nc1ccc(N(C)C)cc1. The first kappa shape index (κ1) is 18.0. The zero-order chi connectivity index (χ0) is 17.7. The van der Waals surface area contributed by atoms with Crippen LogP contribution in [0.5, 0.6) is 0 Å². The third-order valence-electron chi connectivity index (χ3n) is 3.40. The number of ether oxygens (including phenoxy) is 1. The molecule has 0 fully saturated rings. The molecule has 0 aromatic heterocycles. The molecule has 1 N–H and O–H groups in total. The molecule has 5 nitrogen and oxygen atoms in total. The molecule has 0 spiro atoms. The number of nitrogens with zero attached hydrogens (tertiary/aromatic N) is 1. The fraction of sp³-hybridized carbons (Fsp3) is 0.222. The van der Waals surface area contributed by atoms with Crippen LogP contribution in [0.25, 0.3) is 0 Å². The average Bonchev–Trinajstić information content (AvgIpc) is 2.55. The molecular formula is C18H19BrN2O3. The Kier molecular flexibility index (Phi) is 5.98. The number of carbonyl (C=O) groups excluding carboxylic acids is 2. The molecule has 0 radical (unpaired) electrons. The van der Waals surface area contributed by atoms with Crippen LogP contribution in [0, 0.1) is 0 Å². The van der Waals surface area contributed by atoms with Crippen LogP contribution in [-0.4, -0.2) is 32.1 Å². The van der Waals surface area contributed by atoms with Gasteiger partial charge in [-0.25, -0.2) is 4.79 Å². The van der Waals surface area contributed by atoms with E-state index in [0.29, 0.717) is 15.7 Å². The van der Waals surface area contributed by atoms with Crippen LogP contribution >= 0.6 is 15.9 Å². The quantitative estimate of drug-likeness (QED) is 0.790. The van der Waals surface area contributed by atoms with Crippen molar-refractivity contribution >= 4 is 39.2 Å². The maximum Gasteiger partial charge on any atom is 0.340 e. The number of esters is 1. The predicted molar refractivity (Wildman–Crippen MR) is 98.4 cm³/mol. The molecule has 0 aliphatic heterocycles. The molecule has 0 aliphatic rings. The summed E-state index contributed by atoms with van der Waals surface area (Å²) in [5.41, 5.74) is 2.06. The van der Waals surface area contributed by atoms with Gasteiger partial charge in [0.1, 0.15) is 0 Å². The zero-order valence-electron chi connectivity index (χ0n) is 13.7. The molecule has 2 rings (SSSR count). The van der Waals surface area contributed by atoms with Crippen LogP contribution in [0.15, 0.2) is 53.0 Å². The number of rotatable bonds is 5. The van der Waals surface area contributed by atoms with Gasteiger partial charge in [-0.1, -0.05) is 12.1 Å². The largest absolute Gasteiger partial charge is 0.449 e. The van der Waals surface area contributed by atoms with E-state index >= 15 is 0 Å². The van der Waals surface area contributed by atoms with Gasteiger partial charge < -0.3 is 15.0 Å². The van der Waals surface area contributed by atoms with Crippen molar-refractivity contribution in [3.63, 3.8) is 0 Å². The molecule has 6 heteroatoms. The van der Waals surface area contributed by atoms with Crippen molar-refractivity contribution < 1.29 is 14.3 Å². The van der Waals surface area contributed by atoms with E-state index in [-0.39, 0.29) is 5.91 Å². The van der Waals surface area contributed by atoms with Gasteiger partial charge >= 0.3 is 5.97 Å². The normalized spacial score (nSPS) is 11.5. The average molecular weight is 391 g/mol. The lowest BCUT2D eigenvalue weighted by Gasteiger charge is -2.15. The van der Waals surface area contributed by atoms with E-state index < -0.39 is 12.1 Å². The van der Waals surface area contributed by atoms with Crippen LogP contribution in [0.3, 0.4) is 0 Å². The van der Waals surface area contributed by atoms with Crippen LogP contribution in [-0.2, 0) is 9.53 Å². The molecule has 126 valence electrons. The van der Waals surface area contributed by atoms with Gasteiger partial charge in [0.2, 0.25) is 0 Å². The Morgan fingerprint density at radius 3 is 2.29 bits per heavy atom. The Labute approximate surface area is 149 Å². The second-order valence-corrected chi connectivity index (χ2v) is 6.31. The monoisotopic (exact) mass is 390 g/mol. The van der Waals surface area contributed by atoms with E-state index in [2.05, 4.69) is 21.2 Å². The molecule has 0 aliphatic carbocycles. The summed E-state index contributed by atoms with van der Waals surface area (Å²) in [6, 6.07) is 14.3. The Bertz CT molecular complexity index is 729. The summed E-state index contributed by atoms with van der Waals surface area (Å²) in [4.78, 5) is 26.3. The molecule has 0 heterocycles. The maximum atomic E-state index is 12.2.